The summed E-state index contributed by atoms with van der Waals surface area (Å²) in [6, 6.07) is 12.1. The van der Waals surface area contributed by atoms with Gasteiger partial charge in [-0.2, -0.15) is 0 Å². The molecule has 20 heavy (non-hydrogen) atoms. The molecule has 0 aliphatic rings. The van der Waals surface area contributed by atoms with E-state index in [1.54, 1.807) is 14.2 Å². The van der Waals surface area contributed by atoms with Crippen LogP contribution in [0.25, 0.3) is 0 Å². The lowest BCUT2D eigenvalue weighted by Crippen LogP contribution is -2.02. The maximum atomic E-state index is 5.28. The van der Waals surface area contributed by atoms with Crippen LogP contribution in [0.3, 0.4) is 0 Å². The lowest BCUT2D eigenvalue weighted by molar-refractivity contribution is 0.393. The molecule has 0 aliphatic carbocycles. The Balaban J connectivity index is 2.16. The minimum atomic E-state index is 0.713. The lowest BCUT2D eigenvalue weighted by Gasteiger charge is -2.12. The van der Waals surface area contributed by atoms with Crippen LogP contribution in [0, 0.1) is 6.92 Å². The smallest absolute Gasteiger partial charge is 0.122 e. The van der Waals surface area contributed by atoms with Gasteiger partial charge < -0.3 is 14.8 Å². The van der Waals surface area contributed by atoms with E-state index < -0.39 is 0 Å². The molecule has 2 aromatic rings. The molecule has 0 spiro atoms. The van der Waals surface area contributed by atoms with Crippen LogP contribution in [0.15, 0.2) is 40.9 Å². The van der Waals surface area contributed by atoms with Gasteiger partial charge in [0.25, 0.3) is 0 Å². The van der Waals surface area contributed by atoms with Crippen molar-refractivity contribution in [1.29, 1.82) is 0 Å². The number of aryl methyl sites for hydroxylation is 1. The number of hydrogen-bond donors (Lipinski definition) is 1. The fourth-order valence-electron chi connectivity index (χ4n) is 1.95. The lowest BCUT2D eigenvalue weighted by atomic mass is 10.1. The predicted octanol–water partition coefficient (Wildman–Crippen LogP) is 4.39. The van der Waals surface area contributed by atoms with Crippen molar-refractivity contribution in [3.05, 3.63) is 52.0 Å². The van der Waals surface area contributed by atoms with Crippen LogP contribution in [0.2, 0.25) is 0 Å². The van der Waals surface area contributed by atoms with Crippen molar-refractivity contribution in [3.63, 3.8) is 0 Å². The summed E-state index contributed by atoms with van der Waals surface area (Å²) in [6.07, 6.45) is 0. The van der Waals surface area contributed by atoms with E-state index in [9.17, 15) is 0 Å². The summed E-state index contributed by atoms with van der Waals surface area (Å²) in [4.78, 5) is 0. The average Bonchev–Trinajstić information content (AvgIpc) is 2.47. The first-order valence-electron chi connectivity index (χ1n) is 6.34. The summed E-state index contributed by atoms with van der Waals surface area (Å²) >= 11 is 3.49. The molecule has 0 saturated heterocycles. The second-order valence-corrected chi connectivity index (χ2v) is 5.45. The van der Waals surface area contributed by atoms with Crippen LogP contribution < -0.4 is 14.8 Å². The maximum absolute atomic E-state index is 5.28. The van der Waals surface area contributed by atoms with Crippen LogP contribution in [-0.2, 0) is 6.54 Å². The van der Waals surface area contributed by atoms with Gasteiger partial charge in [-0.3, -0.25) is 0 Å². The third-order valence-electron chi connectivity index (χ3n) is 3.09. The summed E-state index contributed by atoms with van der Waals surface area (Å²) in [7, 11) is 3.31. The van der Waals surface area contributed by atoms with Gasteiger partial charge in [-0.1, -0.05) is 22.0 Å². The van der Waals surface area contributed by atoms with Gasteiger partial charge in [-0.05, 0) is 42.3 Å². The molecule has 0 fully saturated rings. The standard InChI is InChI=1S/C16H18BrNO2/c1-11-4-5-13(17)8-16(11)18-10-12-6-14(19-2)9-15(7-12)20-3/h4-9,18H,10H2,1-3H3. The zero-order valence-electron chi connectivity index (χ0n) is 11.9. The number of benzene rings is 2. The van der Waals surface area contributed by atoms with Crippen molar-refractivity contribution in [2.24, 2.45) is 0 Å². The summed E-state index contributed by atoms with van der Waals surface area (Å²) in [5.74, 6) is 1.60. The average molecular weight is 336 g/mol. The Morgan fingerprint density at radius 2 is 1.65 bits per heavy atom. The normalized spacial score (nSPS) is 10.2. The fraction of sp³-hybridized carbons (Fsp3) is 0.250. The Morgan fingerprint density at radius 3 is 2.25 bits per heavy atom. The summed E-state index contributed by atoms with van der Waals surface area (Å²) in [6.45, 7) is 2.80. The first kappa shape index (κ1) is 14.7. The Labute approximate surface area is 128 Å². The van der Waals surface area contributed by atoms with E-state index in [1.165, 1.54) is 5.56 Å². The molecule has 1 N–H and O–H groups in total. The Bertz CT molecular complexity index is 577. The molecule has 0 heterocycles. The zero-order valence-corrected chi connectivity index (χ0v) is 13.5. The van der Waals surface area contributed by atoms with Crippen molar-refractivity contribution in [3.8, 4) is 11.5 Å². The molecule has 0 aliphatic heterocycles. The van der Waals surface area contributed by atoms with E-state index in [0.717, 1.165) is 27.2 Å². The van der Waals surface area contributed by atoms with Crippen molar-refractivity contribution in [2.75, 3.05) is 19.5 Å². The molecule has 2 rings (SSSR count). The topological polar surface area (TPSA) is 30.5 Å². The number of anilines is 1. The molecular formula is C16H18BrNO2. The van der Waals surface area contributed by atoms with E-state index >= 15 is 0 Å². The summed E-state index contributed by atoms with van der Waals surface area (Å²) in [5, 5.41) is 3.43. The van der Waals surface area contributed by atoms with Gasteiger partial charge in [0.05, 0.1) is 14.2 Å². The van der Waals surface area contributed by atoms with Crippen LogP contribution in [0.5, 0.6) is 11.5 Å². The highest BCUT2D eigenvalue weighted by atomic mass is 79.9. The molecular weight excluding hydrogens is 318 g/mol. The Morgan fingerprint density at radius 1 is 1.00 bits per heavy atom. The van der Waals surface area contributed by atoms with Crippen molar-refractivity contribution in [2.45, 2.75) is 13.5 Å². The van der Waals surface area contributed by atoms with E-state index in [4.69, 9.17) is 9.47 Å². The van der Waals surface area contributed by atoms with Crippen molar-refractivity contribution >= 4 is 21.6 Å². The van der Waals surface area contributed by atoms with Gasteiger partial charge in [-0.15, -0.1) is 0 Å². The molecule has 0 bridgehead atoms. The molecule has 0 aromatic heterocycles. The molecule has 106 valence electrons. The minimum absolute atomic E-state index is 0.713. The van der Waals surface area contributed by atoms with E-state index in [-0.39, 0.29) is 0 Å². The number of halogens is 1. The number of ether oxygens (including phenoxy) is 2. The van der Waals surface area contributed by atoms with Gasteiger partial charge in [0.15, 0.2) is 0 Å². The van der Waals surface area contributed by atoms with Crippen LogP contribution in [0.1, 0.15) is 11.1 Å². The first-order valence-corrected chi connectivity index (χ1v) is 7.13. The van der Waals surface area contributed by atoms with Crippen molar-refractivity contribution < 1.29 is 9.47 Å². The number of rotatable bonds is 5. The molecule has 4 heteroatoms. The van der Waals surface area contributed by atoms with E-state index in [2.05, 4.69) is 40.3 Å². The third kappa shape index (κ3) is 3.67. The SMILES string of the molecule is COc1cc(CNc2cc(Br)ccc2C)cc(OC)c1. The molecule has 2 aromatic carbocycles. The second kappa shape index (κ2) is 6.66. The van der Waals surface area contributed by atoms with Gasteiger partial charge in [0, 0.05) is 22.8 Å². The Hall–Kier alpha value is -1.68. The van der Waals surface area contributed by atoms with Crippen LogP contribution >= 0.6 is 15.9 Å². The predicted molar refractivity (Wildman–Crippen MR) is 85.8 cm³/mol. The molecule has 0 amide bonds. The van der Waals surface area contributed by atoms with Crippen molar-refractivity contribution in [1.82, 2.24) is 0 Å². The summed E-state index contributed by atoms with van der Waals surface area (Å²) in [5.41, 5.74) is 3.43. The quantitative estimate of drug-likeness (QED) is 0.879. The molecule has 0 radical (unpaired) electrons. The largest absolute Gasteiger partial charge is 0.497 e. The molecule has 0 saturated carbocycles. The van der Waals surface area contributed by atoms with Crippen LogP contribution in [0.4, 0.5) is 5.69 Å². The Kier molecular flexibility index (Phi) is 4.90. The zero-order chi connectivity index (χ0) is 14.5. The highest BCUT2D eigenvalue weighted by molar-refractivity contribution is 9.10. The highest BCUT2D eigenvalue weighted by Crippen LogP contribution is 2.25. The molecule has 0 unspecified atom stereocenters. The minimum Gasteiger partial charge on any atom is -0.497 e. The van der Waals surface area contributed by atoms with Gasteiger partial charge in [-0.25, -0.2) is 0 Å². The van der Waals surface area contributed by atoms with E-state index in [1.807, 2.05) is 24.3 Å². The maximum Gasteiger partial charge on any atom is 0.122 e. The number of hydrogen-bond acceptors (Lipinski definition) is 3. The summed E-state index contributed by atoms with van der Waals surface area (Å²) < 4.78 is 11.6. The van der Waals surface area contributed by atoms with E-state index in [0.29, 0.717) is 6.54 Å². The van der Waals surface area contributed by atoms with Gasteiger partial charge in [0.2, 0.25) is 0 Å². The number of nitrogens with one attached hydrogen (secondary N) is 1. The fourth-order valence-corrected chi connectivity index (χ4v) is 2.31. The molecule has 0 atom stereocenters. The highest BCUT2D eigenvalue weighted by Gasteiger charge is 2.03. The monoisotopic (exact) mass is 335 g/mol. The van der Waals surface area contributed by atoms with Gasteiger partial charge in [0.1, 0.15) is 11.5 Å². The third-order valence-corrected chi connectivity index (χ3v) is 3.59. The first-order chi connectivity index (χ1) is 9.62. The van der Waals surface area contributed by atoms with Crippen LogP contribution in [-0.4, -0.2) is 14.2 Å². The second-order valence-electron chi connectivity index (χ2n) is 4.53. The van der Waals surface area contributed by atoms with Gasteiger partial charge >= 0.3 is 0 Å². The number of methoxy groups -OCH3 is 2. The molecule has 3 nitrogen and oxygen atoms in total.